The molecule has 1 aliphatic heterocycles. The maximum Gasteiger partial charge on any atom is 0.218 e. The molecule has 5 nitrogen and oxygen atoms in total. The van der Waals surface area contributed by atoms with Crippen LogP contribution in [0.4, 0.5) is 0 Å². The molecule has 6 heteroatoms. The van der Waals surface area contributed by atoms with Gasteiger partial charge in [0.05, 0.1) is 17.4 Å². The van der Waals surface area contributed by atoms with Crippen LogP contribution in [0.2, 0.25) is 0 Å². The average molecular weight is 307 g/mol. The van der Waals surface area contributed by atoms with Crippen molar-refractivity contribution in [1.29, 1.82) is 5.26 Å². The van der Waals surface area contributed by atoms with Gasteiger partial charge in [-0.15, -0.1) is 0 Å². The monoisotopic (exact) mass is 307 g/mol. The number of nitrogens with zero attached hydrogens (tertiary/aromatic N) is 2. The topological polar surface area (TPSA) is 87.2 Å². The summed E-state index contributed by atoms with van der Waals surface area (Å²) in [5, 5.41) is 9.07. The summed E-state index contributed by atoms with van der Waals surface area (Å²) >= 11 is 0. The molecule has 0 aromatic heterocycles. The molecule has 1 heterocycles. The molecule has 0 saturated carbocycles. The molecule has 21 heavy (non-hydrogen) atoms. The van der Waals surface area contributed by atoms with E-state index in [4.69, 9.17) is 11.0 Å². The van der Waals surface area contributed by atoms with Crippen LogP contribution in [0.1, 0.15) is 24.5 Å². The number of hydrogen-bond donors (Lipinski definition) is 1. The second-order valence-corrected chi connectivity index (χ2v) is 7.61. The highest BCUT2D eigenvalue weighted by Gasteiger charge is 2.32. The van der Waals surface area contributed by atoms with Gasteiger partial charge in [-0.1, -0.05) is 25.1 Å². The van der Waals surface area contributed by atoms with Crippen LogP contribution in [0.15, 0.2) is 24.3 Å². The van der Waals surface area contributed by atoms with E-state index in [9.17, 15) is 8.42 Å². The lowest BCUT2D eigenvalue weighted by Gasteiger charge is -2.35. The zero-order valence-corrected chi connectivity index (χ0v) is 13.0. The highest BCUT2D eigenvalue weighted by Crippen LogP contribution is 2.26. The average Bonchev–Trinajstić information content (AvgIpc) is 2.47. The fourth-order valence-electron chi connectivity index (χ4n) is 2.72. The van der Waals surface area contributed by atoms with Gasteiger partial charge >= 0.3 is 0 Å². The Morgan fingerprint density at radius 3 is 2.81 bits per heavy atom. The number of sulfonamides is 1. The van der Waals surface area contributed by atoms with Gasteiger partial charge in [-0.3, -0.25) is 0 Å². The third-order valence-electron chi connectivity index (χ3n) is 4.25. The third kappa shape index (κ3) is 3.62. The van der Waals surface area contributed by atoms with Crippen molar-refractivity contribution in [2.45, 2.75) is 19.1 Å². The Balaban J connectivity index is 2.17. The Morgan fingerprint density at radius 2 is 2.14 bits per heavy atom. The van der Waals surface area contributed by atoms with E-state index in [1.54, 1.807) is 24.3 Å². The summed E-state index contributed by atoms with van der Waals surface area (Å²) < 4.78 is 26.7. The number of benzene rings is 1. The molecule has 1 saturated heterocycles. The fraction of sp³-hybridized carbons (Fsp3) is 0.533. The van der Waals surface area contributed by atoms with Crippen LogP contribution in [-0.2, 0) is 15.8 Å². The fourth-order valence-corrected chi connectivity index (χ4v) is 4.35. The smallest absolute Gasteiger partial charge is 0.218 e. The third-order valence-corrected chi connectivity index (χ3v) is 6.04. The van der Waals surface area contributed by atoms with Crippen LogP contribution < -0.4 is 5.73 Å². The van der Waals surface area contributed by atoms with Gasteiger partial charge in [-0.25, -0.2) is 12.7 Å². The summed E-state index contributed by atoms with van der Waals surface area (Å²) in [7, 11) is -3.41. The molecule has 1 aliphatic rings. The number of nitrogens with two attached hydrogens (primary N) is 1. The molecular weight excluding hydrogens is 286 g/mol. The molecule has 2 unspecified atom stereocenters. The Hall–Kier alpha value is -1.42. The van der Waals surface area contributed by atoms with Crippen molar-refractivity contribution in [3.05, 3.63) is 35.4 Å². The second-order valence-electron chi connectivity index (χ2n) is 5.64. The van der Waals surface area contributed by atoms with Crippen molar-refractivity contribution in [3.63, 3.8) is 0 Å². The molecule has 1 fully saturated rings. The zero-order valence-electron chi connectivity index (χ0n) is 12.2. The van der Waals surface area contributed by atoms with Crippen molar-refractivity contribution >= 4 is 10.0 Å². The van der Waals surface area contributed by atoms with Crippen LogP contribution in [0, 0.1) is 23.2 Å². The molecule has 0 bridgehead atoms. The van der Waals surface area contributed by atoms with Crippen molar-refractivity contribution in [2.75, 3.05) is 19.6 Å². The number of hydrogen-bond acceptors (Lipinski definition) is 4. The standard InChI is InChI=1S/C15H21N3O2S/c1-12-6-7-18(10-15(12)9-17)21(19,20)11-14-5-3-2-4-13(14)8-16/h2-5,12,15H,6-7,9-11,17H2,1H3. The maximum absolute atomic E-state index is 12.6. The van der Waals surface area contributed by atoms with Gasteiger partial charge in [0.15, 0.2) is 0 Å². The summed E-state index contributed by atoms with van der Waals surface area (Å²) in [6, 6.07) is 8.88. The lowest BCUT2D eigenvalue weighted by molar-refractivity contribution is 0.203. The molecule has 2 N–H and O–H groups in total. The van der Waals surface area contributed by atoms with E-state index in [1.165, 1.54) is 4.31 Å². The lowest BCUT2D eigenvalue weighted by atomic mass is 9.88. The van der Waals surface area contributed by atoms with Crippen molar-refractivity contribution in [2.24, 2.45) is 17.6 Å². The predicted molar refractivity (Wildman–Crippen MR) is 81.7 cm³/mol. The summed E-state index contributed by atoms with van der Waals surface area (Å²) in [4.78, 5) is 0. The van der Waals surface area contributed by atoms with Gasteiger partial charge in [-0.2, -0.15) is 5.26 Å². The first-order valence-electron chi connectivity index (χ1n) is 7.14. The van der Waals surface area contributed by atoms with Crippen LogP contribution >= 0.6 is 0 Å². The number of piperidine rings is 1. The molecule has 0 spiro atoms. The normalized spacial score (nSPS) is 23.7. The molecule has 2 atom stereocenters. The van der Waals surface area contributed by atoms with Crippen molar-refractivity contribution < 1.29 is 8.42 Å². The van der Waals surface area contributed by atoms with E-state index >= 15 is 0 Å². The van der Waals surface area contributed by atoms with Crippen LogP contribution in [0.3, 0.4) is 0 Å². The van der Waals surface area contributed by atoms with Gasteiger partial charge in [0.1, 0.15) is 0 Å². The minimum absolute atomic E-state index is 0.123. The first kappa shape index (κ1) is 16.0. The van der Waals surface area contributed by atoms with Gasteiger partial charge in [0.2, 0.25) is 10.0 Å². The number of rotatable bonds is 4. The van der Waals surface area contributed by atoms with Gasteiger partial charge in [0.25, 0.3) is 0 Å². The first-order chi connectivity index (χ1) is 9.97. The van der Waals surface area contributed by atoms with E-state index in [-0.39, 0.29) is 11.7 Å². The van der Waals surface area contributed by atoms with Gasteiger partial charge in [0, 0.05) is 13.1 Å². The number of nitriles is 1. The minimum atomic E-state index is -3.41. The summed E-state index contributed by atoms with van der Waals surface area (Å²) in [6.07, 6.45) is 0.834. The van der Waals surface area contributed by atoms with E-state index in [0.29, 0.717) is 36.7 Å². The Kier molecular flexibility index (Phi) is 4.99. The minimum Gasteiger partial charge on any atom is -0.330 e. The lowest BCUT2D eigenvalue weighted by Crippen LogP contribution is -2.45. The van der Waals surface area contributed by atoms with Gasteiger partial charge < -0.3 is 5.73 Å². The molecule has 2 rings (SSSR count). The molecule has 1 aromatic rings. The SMILES string of the molecule is CC1CCN(S(=O)(=O)Cc2ccccc2C#N)CC1CN. The Labute approximate surface area is 126 Å². The molecular formula is C15H21N3O2S. The first-order valence-corrected chi connectivity index (χ1v) is 8.74. The molecule has 1 aromatic carbocycles. The molecule has 0 aliphatic carbocycles. The van der Waals surface area contributed by atoms with E-state index in [1.807, 2.05) is 6.07 Å². The molecule has 0 radical (unpaired) electrons. The van der Waals surface area contributed by atoms with E-state index < -0.39 is 10.0 Å². The van der Waals surface area contributed by atoms with Crippen LogP contribution in [-0.4, -0.2) is 32.4 Å². The molecule has 114 valence electrons. The Morgan fingerprint density at radius 1 is 1.43 bits per heavy atom. The van der Waals surface area contributed by atoms with Gasteiger partial charge in [-0.05, 0) is 36.4 Å². The predicted octanol–water partition coefficient (Wildman–Crippen LogP) is 1.30. The summed E-state index contributed by atoms with van der Waals surface area (Å²) in [6.45, 7) is 3.64. The van der Waals surface area contributed by atoms with Crippen LogP contribution in [0.5, 0.6) is 0 Å². The highest BCUT2D eigenvalue weighted by atomic mass is 32.2. The summed E-state index contributed by atoms with van der Waals surface area (Å²) in [5.74, 6) is 0.537. The molecule has 0 amide bonds. The van der Waals surface area contributed by atoms with E-state index in [2.05, 4.69) is 6.92 Å². The van der Waals surface area contributed by atoms with Crippen LogP contribution in [0.25, 0.3) is 0 Å². The highest BCUT2D eigenvalue weighted by molar-refractivity contribution is 7.88. The van der Waals surface area contributed by atoms with E-state index in [0.717, 1.165) is 6.42 Å². The zero-order chi connectivity index (χ0) is 15.5. The second kappa shape index (κ2) is 6.56. The largest absolute Gasteiger partial charge is 0.330 e. The Bertz CT molecular complexity index is 637. The van der Waals surface area contributed by atoms with Crippen molar-refractivity contribution in [1.82, 2.24) is 4.31 Å². The van der Waals surface area contributed by atoms with Crippen molar-refractivity contribution in [3.8, 4) is 6.07 Å². The quantitative estimate of drug-likeness (QED) is 0.908. The maximum atomic E-state index is 12.6. The summed E-state index contributed by atoms with van der Waals surface area (Å²) in [5.41, 5.74) is 6.71.